The van der Waals surface area contributed by atoms with Gasteiger partial charge >= 0.3 is 0 Å². The van der Waals surface area contributed by atoms with Crippen LogP contribution in [0.2, 0.25) is 0 Å². The normalized spacial score (nSPS) is 22.1. The topological polar surface area (TPSA) is 49.3 Å². The van der Waals surface area contributed by atoms with E-state index >= 15 is 0 Å². The van der Waals surface area contributed by atoms with Gasteiger partial charge in [-0.25, -0.2) is 0 Å². The minimum atomic E-state index is 0.0735. The minimum absolute atomic E-state index is 0.0735. The van der Waals surface area contributed by atoms with Crippen LogP contribution < -0.4 is 5.32 Å². The quantitative estimate of drug-likeness (QED) is 0.746. The smallest absolute Gasteiger partial charge is 0.223 e. The lowest BCUT2D eigenvalue weighted by atomic mass is 9.88. The van der Waals surface area contributed by atoms with E-state index in [2.05, 4.69) is 5.32 Å². The van der Waals surface area contributed by atoms with Crippen molar-refractivity contribution >= 4 is 5.91 Å². The second-order valence-electron chi connectivity index (χ2n) is 4.79. The van der Waals surface area contributed by atoms with E-state index in [-0.39, 0.29) is 30.4 Å². The van der Waals surface area contributed by atoms with E-state index in [0.717, 1.165) is 12.8 Å². The molecular formula is C12H23NO2. The summed E-state index contributed by atoms with van der Waals surface area (Å²) in [6.07, 6.45) is 5.70. The zero-order chi connectivity index (χ0) is 11.3. The fourth-order valence-electron chi connectivity index (χ4n) is 2.01. The molecule has 1 fully saturated rings. The standard InChI is InChI=1S/C12H23NO2/c1-9(8-14)10(2)13-12(15)11-6-4-3-5-7-11/h9-11,14H,3-8H2,1-2H3,(H,13,15). The predicted molar refractivity (Wildman–Crippen MR) is 60.4 cm³/mol. The van der Waals surface area contributed by atoms with Gasteiger partial charge in [-0.3, -0.25) is 4.79 Å². The van der Waals surface area contributed by atoms with Crippen molar-refractivity contribution in [1.82, 2.24) is 5.32 Å². The van der Waals surface area contributed by atoms with E-state index in [9.17, 15) is 4.79 Å². The second kappa shape index (κ2) is 6.11. The zero-order valence-electron chi connectivity index (χ0n) is 9.83. The van der Waals surface area contributed by atoms with E-state index in [1.807, 2.05) is 13.8 Å². The molecule has 0 aromatic rings. The predicted octanol–water partition coefficient (Wildman–Crippen LogP) is 1.70. The van der Waals surface area contributed by atoms with Crippen molar-refractivity contribution in [2.45, 2.75) is 52.0 Å². The van der Waals surface area contributed by atoms with Crippen molar-refractivity contribution in [2.75, 3.05) is 6.61 Å². The molecule has 3 nitrogen and oxygen atoms in total. The van der Waals surface area contributed by atoms with Gasteiger partial charge in [-0.1, -0.05) is 26.2 Å². The van der Waals surface area contributed by atoms with Crippen LogP contribution in [0.25, 0.3) is 0 Å². The van der Waals surface area contributed by atoms with Crippen molar-refractivity contribution in [1.29, 1.82) is 0 Å². The van der Waals surface area contributed by atoms with Crippen molar-refractivity contribution in [3.8, 4) is 0 Å². The second-order valence-corrected chi connectivity index (χ2v) is 4.79. The first-order valence-electron chi connectivity index (χ1n) is 6.06. The summed E-state index contributed by atoms with van der Waals surface area (Å²) in [5, 5.41) is 12.0. The number of amides is 1. The van der Waals surface area contributed by atoms with Crippen LogP contribution in [0, 0.1) is 11.8 Å². The third-order valence-electron chi connectivity index (χ3n) is 3.49. The van der Waals surface area contributed by atoms with E-state index < -0.39 is 0 Å². The molecule has 1 aliphatic carbocycles. The Morgan fingerprint density at radius 1 is 1.33 bits per heavy atom. The lowest BCUT2D eigenvalue weighted by molar-refractivity contribution is -0.126. The summed E-state index contributed by atoms with van der Waals surface area (Å²) in [5.74, 6) is 0.534. The van der Waals surface area contributed by atoms with E-state index in [4.69, 9.17) is 5.11 Å². The maximum absolute atomic E-state index is 11.8. The van der Waals surface area contributed by atoms with Gasteiger partial charge in [0.25, 0.3) is 0 Å². The zero-order valence-corrected chi connectivity index (χ0v) is 9.83. The molecule has 3 heteroatoms. The van der Waals surface area contributed by atoms with Crippen molar-refractivity contribution in [3.63, 3.8) is 0 Å². The molecule has 1 amide bonds. The van der Waals surface area contributed by atoms with Crippen LogP contribution in [0.3, 0.4) is 0 Å². The highest BCUT2D eigenvalue weighted by atomic mass is 16.3. The lowest BCUT2D eigenvalue weighted by Crippen LogP contribution is -2.42. The van der Waals surface area contributed by atoms with Gasteiger partial charge in [-0.2, -0.15) is 0 Å². The summed E-state index contributed by atoms with van der Waals surface area (Å²) in [4.78, 5) is 11.8. The van der Waals surface area contributed by atoms with Gasteiger partial charge in [-0.15, -0.1) is 0 Å². The lowest BCUT2D eigenvalue weighted by Gasteiger charge is -2.25. The van der Waals surface area contributed by atoms with Gasteiger partial charge in [0.2, 0.25) is 5.91 Å². The molecule has 0 bridgehead atoms. The first kappa shape index (κ1) is 12.5. The third-order valence-corrected chi connectivity index (χ3v) is 3.49. The first-order valence-corrected chi connectivity index (χ1v) is 6.06. The Bertz CT molecular complexity index is 200. The maximum Gasteiger partial charge on any atom is 0.223 e. The summed E-state index contributed by atoms with van der Waals surface area (Å²) < 4.78 is 0. The Balaban J connectivity index is 2.33. The van der Waals surface area contributed by atoms with Gasteiger partial charge in [-0.05, 0) is 25.7 Å². The highest BCUT2D eigenvalue weighted by Gasteiger charge is 2.23. The summed E-state index contributed by atoms with van der Waals surface area (Å²) in [6, 6.07) is 0.0735. The number of hydrogen-bond donors (Lipinski definition) is 2. The number of rotatable bonds is 4. The van der Waals surface area contributed by atoms with Crippen LogP contribution in [0.1, 0.15) is 46.0 Å². The number of hydrogen-bond acceptors (Lipinski definition) is 2. The molecule has 0 spiro atoms. The van der Waals surface area contributed by atoms with Gasteiger partial charge in [0.1, 0.15) is 0 Å². The van der Waals surface area contributed by atoms with E-state index in [1.54, 1.807) is 0 Å². The van der Waals surface area contributed by atoms with Gasteiger partial charge < -0.3 is 10.4 Å². The number of aliphatic hydroxyl groups excluding tert-OH is 1. The first-order chi connectivity index (χ1) is 7.15. The molecule has 2 N–H and O–H groups in total. The van der Waals surface area contributed by atoms with Crippen LogP contribution in [0.5, 0.6) is 0 Å². The van der Waals surface area contributed by atoms with Crippen molar-refractivity contribution < 1.29 is 9.90 Å². The molecule has 1 rings (SSSR count). The van der Waals surface area contributed by atoms with Crippen LogP contribution in [0.15, 0.2) is 0 Å². The Morgan fingerprint density at radius 2 is 1.93 bits per heavy atom. The third kappa shape index (κ3) is 3.82. The number of carbonyl (C=O) groups is 1. The Hall–Kier alpha value is -0.570. The molecule has 0 aliphatic heterocycles. The molecule has 0 heterocycles. The van der Waals surface area contributed by atoms with Crippen LogP contribution in [0.4, 0.5) is 0 Å². The largest absolute Gasteiger partial charge is 0.396 e. The maximum atomic E-state index is 11.8. The van der Waals surface area contributed by atoms with E-state index in [0.29, 0.717) is 0 Å². The molecule has 2 atom stereocenters. The van der Waals surface area contributed by atoms with Crippen LogP contribution >= 0.6 is 0 Å². The SMILES string of the molecule is CC(CO)C(C)NC(=O)C1CCCCC1. The highest BCUT2D eigenvalue weighted by molar-refractivity contribution is 5.78. The summed E-state index contributed by atoms with van der Waals surface area (Å²) >= 11 is 0. The average molecular weight is 213 g/mol. The molecule has 0 aromatic carbocycles. The Kier molecular flexibility index (Phi) is 5.09. The molecule has 2 unspecified atom stereocenters. The van der Waals surface area contributed by atoms with Crippen LogP contribution in [-0.2, 0) is 4.79 Å². The number of carbonyl (C=O) groups excluding carboxylic acids is 1. The summed E-state index contributed by atoms with van der Waals surface area (Å²) in [7, 11) is 0. The molecule has 15 heavy (non-hydrogen) atoms. The molecule has 0 aromatic heterocycles. The summed E-state index contributed by atoms with van der Waals surface area (Å²) in [5.41, 5.74) is 0. The van der Waals surface area contributed by atoms with Crippen LogP contribution in [-0.4, -0.2) is 23.7 Å². The molecular weight excluding hydrogens is 190 g/mol. The Labute approximate surface area is 92.3 Å². The Morgan fingerprint density at radius 3 is 2.47 bits per heavy atom. The van der Waals surface area contributed by atoms with Gasteiger partial charge in [0.15, 0.2) is 0 Å². The van der Waals surface area contributed by atoms with Gasteiger partial charge in [0, 0.05) is 18.6 Å². The molecule has 1 aliphatic rings. The highest BCUT2D eigenvalue weighted by Crippen LogP contribution is 2.23. The molecule has 0 saturated heterocycles. The van der Waals surface area contributed by atoms with Crippen molar-refractivity contribution in [3.05, 3.63) is 0 Å². The van der Waals surface area contributed by atoms with E-state index in [1.165, 1.54) is 19.3 Å². The van der Waals surface area contributed by atoms with Crippen molar-refractivity contribution in [2.24, 2.45) is 11.8 Å². The molecule has 88 valence electrons. The molecule has 1 saturated carbocycles. The number of aliphatic hydroxyl groups is 1. The fourth-order valence-corrected chi connectivity index (χ4v) is 2.01. The average Bonchev–Trinajstić information content (AvgIpc) is 2.29. The summed E-state index contributed by atoms with van der Waals surface area (Å²) in [6.45, 7) is 4.04. The van der Waals surface area contributed by atoms with Gasteiger partial charge in [0.05, 0.1) is 0 Å². The monoisotopic (exact) mass is 213 g/mol. The number of nitrogens with one attached hydrogen (secondary N) is 1. The molecule has 0 radical (unpaired) electrons. The minimum Gasteiger partial charge on any atom is -0.396 e. The fraction of sp³-hybridized carbons (Fsp3) is 0.917.